The number of aliphatic carboxylic acids is 1. The molecule has 0 atom stereocenters. The summed E-state index contributed by atoms with van der Waals surface area (Å²) in [6.45, 7) is 0.284. The summed E-state index contributed by atoms with van der Waals surface area (Å²) in [6, 6.07) is 7.66. The molecule has 0 aliphatic rings. The second kappa shape index (κ2) is 5.87. The number of sulfone groups is 1. The first-order chi connectivity index (χ1) is 9.47. The molecule has 1 aromatic heterocycles. The second-order valence-corrected chi connectivity index (χ2v) is 6.41. The van der Waals surface area contributed by atoms with Crippen LogP contribution in [0, 0.1) is 0 Å². The lowest BCUT2D eigenvalue weighted by Crippen LogP contribution is -2.13. The maximum atomic E-state index is 12.1. The molecule has 0 saturated heterocycles. The smallest absolute Gasteiger partial charge is 0.307 e. The number of hydrogen-bond donors (Lipinski definition) is 1. The van der Waals surface area contributed by atoms with E-state index in [0.29, 0.717) is 5.56 Å². The van der Waals surface area contributed by atoms with Crippen LogP contribution in [0.3, 0.4) is 0 Å². The number of nitrogens with zero attached hydrogens (tertiary/aromatic N) is 2. The quantitative estimate of drug-likeness (QED) is 0.858. The molecule has 0 unspecified atom stereocenters. The molecule has 0 aliphatic heterocycles. The van der Waals surface area contributed by atoms with Gasteiger partial charge >= 0.3 is 5.97 Å². The Balaban J connectivity index is 2.07. The highest BCUT2D eigenvalue weighted by molar-refractivity contribution is 7.91. The van der Waals surface area contributed by atoms with Gasteiger partial charge in [-0.15, -0.1) is 0 Å². The van der Waals surface area contributed by atoms with Crippen LogP contribution in [-0.2, 0) is 27.6 Å². The number of carbonyl (C=O) groups is 1. The minimum atomic E-state index is -3.39. The van der Waals surface area contributed by atoms with Crippen LogP contribution in [0.4, 0.5) is 0 Å². The van der Waals surface area contributed by atoms with Crippen molar-refractivity contribution in [3.63, 3.8) is 0 Å². The van der Waals surface area contributed by atoms with E-state index < -0.39 is 15.8 Å². The molecule has 6 nitrogen and oxygen atoms in total. The molecule has 0 amide bonds. The monoisotopic (exact) mass is 294 g/mol. The Kier molecular flexibility index (Phi) is 4.19. The number of carboxylic acids is 1. The molecular weight excluding hydrogens is 280 g/mol. The molecule has 0 aliphatic carbocycles. The number of rotatable bonds is 6. The predicted molar refractivity (Wildman–Crippen MR) is 72.1 cm³/mol. The molecule has 7 heteroatoms. The van der Waals surface area contributed by atoms with Crippen LogP contribution in [0.2, 0.25) is 0 Å². The summed E-state index contributed by atoms with van der Waals surface area (Å²) in [5.41, 5.74) is 0.573. The van der Waals surface area contributed by atoms with Crippen LogP contribution in [0.5, 0.6) is 0 Å². The van der Waals surface area contributed by atoms with E-state index >= 15 is 0 Å². The zero-order chi connectivity index (χ0) is 14.6. The van der Waals surface area contributed by atoms with Gasteiger partial charge in [0.05, 0.1) is 23.6 Å². The summed E-state index contributed by atoms with van der Waals surface area (Å²) in [4.78, 5) is 10.7. The summed E-state index contributed by atoms with van der Waals surface area (Å²) in [6.07, 6.45) is 3.17. The summed E-state index contributed by atoms with van der Waals surface area (Å²) < 4.78 is 25.8. The van der Waals surface area contributed by atoms with Gasteiger partial charge in [0.15, 0.2) is 9.84 Å². The highest BCUT2D eigenvalue weighted by Crippen LogP contribution is 2.13. The Morgan fingerprint density at radius 3 is 2.50 bits per heavy atom. The molecule has 2 rings (SSSR count). The van der Waals surface area contributed by atoms with E-state index in [2.05, 4.69) is 5.10 Å². The zero-order valence-electron chi connectivity index (χ0n) is 10.6. The van der Waals surface area contributed by atoms with Gasteiger partial charge < -0.3 is 5.11 Å². The summed E-state index contributed by atoms with van der Waals surface area (Å²) in [5, 5.41) is 12.6. The highest BCUT2D eigenvalue weighted by atomic mass is 32.2. The molecule has 0 fully saturated rings. The molecule has 20 heavy (non-hydrogen) atoms. The molecule has 0 spiro atoms. The van der Waals surface area contributed by atoms with E-state index in [9.17, 15) is 13.2 Å². The predicted octanol–water partition coefficient (Wildman–Crippen LogP) is 0.984. The van der Waals surface area contributed by atoms with Crippen molar-refractivity contribution in [3.05, 3.63) is 48.3 Å². The first kappa shape index (κ1) is 14.3. The van der Waals surface area contributed by atoms with Crippen LogP contribution < -0.4 is 0 Å². The number of carboxylic acid groups (broad SMARTS) is 1. The summed E-state index contributed by atoms with van der Waals surface area (Å²) in [7, 11) is -3.39. The highest BCUT2D eigenvalue weighted by Gasteiger charge is 2.14. The fourth-order valence-electron chi connectivity index (χ4n) is 1.75. The largest absolute Gasteiger partial charge is 0.481 e. The number of aryl methyl sites for hydroxylation is 1. The Morgan fingerprint density at radius 2 is 1.95 bits per heavy atom. The van der Waals surface area contributed by atoms with Crippen molar-refractivity contribution in [2.24, 2.45) is 0 Å². The van der Waals surface area contributed by atoms with Gasteiger partial charge in [-0.25, -0.2) is 8.42 Å². The minimum absolute atomic E-state index is 0.0487. The third-order valence-electron chi connectivity index (χ3n) is 2.79. The Morgan fingerprint density at radius 1 is 1.25 bits per heavy atom. The maximum Gasteiger partial charge on any atom is 0.307 e. The number of hydrogen-bond acceptors (Lipinski definition) is 4. The van der Waals surface area contributed by atoms with Gasteiger partial charge in [-0.3, -0.25) is 9.48 Å². The van der Waals surface area contributed by atoms with E-state index in [1.165, 1.54) is 24.3 Å². The van der Waals surface area contributed by atoms with Gasteiger partial charge in [0.2, 0.25) is 0 Å². The molecule has 1 heterocycles. The maximum absolute atomic E-state index is 12.1. The van der Waals surface area contributed by atoms with Gasteiger partial charge in [0, 0.05) is 12.4 Å². The summed E-state index contributed by atoms with van der Waals surface area (Å²) in [5.74, 6) is -0.994. The lowest BCUT2D eigenvalue weighted by atomic mass is 10.2. The lowest BCUT2D eigenvalue weighted by molar-refractivity contribution is -0.136. The minimum Gasteiger partial charge on any atom is -0.481 e. The van der Waals surface area contributed by atoms with Gasteiger partial charge in [-0.05, 0) is 23.8 Å². The van der Waals surface area contributed by atoms with E-state index in [1.54, 1.807) is 23.1 Å². The second-order valence-electron chi connectivity index (χ2n) is 4.30. The van der Waals surface area contributed by atoms with Crippen molar-refractivity contribution in [1.29, 1.82) is 0 Å². The molecule has 0 bridgehead atoms. The van der Waals surface area contributed by atoms with Crippen molar-refractivity contribution in [1.82, 2.24) is 9.78 Å². The fourth-order valence-corrected chi connectivity index (χ4v) is 2.97. The van der Waals surface area contributed by atoms with Gasteiger partial charge in [-0.1, -0.05) is 12.1 Å². The van der Waals surface area contributed by atoms with Crippen LogP contribution >= 0.6 is 0 Å². The van der Waals surface area contributed by atoms with Crippen LogP contribution in [-0.4, -0.2) is 35.0 Å². The number of benzene rings is 1. The molecule has 1 aromatic carbocycles. The zero-order valence-corrected chi connectivity index (χ0v) is 11.5. The topological polar surface area (TPSA) is 89.3 Å². The van der Waals surface area contributed by atoms with Gasteiger partial charge in [-0.2, -0.15) is 5.10 Å². The lowest BCUT2D eigenvalue weighted by Gasteiger charge is -2.05. The average Bonchev–Trinajstić information content (AvgIpc) is 2.89. The fraction of sp³-hybridized carbons (Fsp3) is 0.231. The van der Waals surface area contributed by atoms with E-state index in [0.717, 1.165) is 0 Å². The molecule has 106 valence electrons. The van der Waals surface area contributed by atoms with E-state index in [4.69, 9.17) is 5.11 Å². The van der Waals surface area contributed by atoms with Crippen molar-refractivity contribution < 1.29 is 18.3 Å². The third-order valence-corrected chi connectivity index (χ3v) is 4.50. The SMILES string of the molecule is O=C(O)Cc1ccc(S(=O)(=O)CCn2cccn2)cc1. The van der Waals surface area contributed by atoms with Crippen molar-refractivity contribution in [2.45, 2.75) is 17.9 Å². The normalized spacial score (nSPS) is 11.4. The number of aromatic nitrogens is 2. The van der Waals surface area contributed by atoms with Crippen molar-refractivity contribution in [2.75, 3.05) is 5.75 Å². The van der Waals surface area contributed by atoms with Crippen molar-refractivity contribution in [3.8, 4) is 0 Å². The van der Waals surface area contributed by atoms with E-state index in [-0.39, 0.29) is 23.6 Å². The first-order valence-corrected chi connectivity index (χ1v) is 7.63. The molecular formula is C13H14N2O4S. The average molecular weight is 294 g/mol. The van der Waals surface area contributed by atoms with Crippen LogP contribution in [0.1, 0.15) is 5.56 Å². The molecule has 1 N–H and O–H groups in total. The standard InChI is InChI=1S/C13H14N2O4S/c16-13(17)10-11-2-4-12(5-3-11)20(18,19)9-8-15-7-1-6-14-15/h1-7H,8-10H2,(H,16,17). The van der Waals surface area contributed by atoms with Crippen LogP contribution in [0.25, 0.3) is 0 Å². The molecule has 0 saturated carbocycles. The molecule has 2 aromatic rings. The molecule has 0 radical (unpaired) electrons. The Labute approximate surface area is 116 Å². The Bertz CT molecular complexity index is 676. The summed E-state index contributed by atoms with van der Waals surface area (Å²) >= 11 is 0. The van der Waals surface area contributed by atoms with E-state index in [1.807, 2.05) is 0 Å². The first-order valence-electron chi connectivity index (χ1n) is 5.98. The van der Waals surface area contributed by atoms with Crippen LogP contribution in [0.15, 0.2) is 47.6 Å². The Hall–Kier alpha value is -2.15. The van der Waals surface area contributed by atoms with Gasteiger partial charge in [0.25, 0.3) is 0 Å². The van der Waals surface area contributed by atoms with Gasteiger partial charge in [0.1, 0.15) is 0 Å². The third kappa shape index (κ3) is 3.67. The van der Waals surface area contributed by atoms with Crippen molar-refractivity contribution >= 4 is 15.8 Å².